The van der Waals surface area contributed by atoms with Crippen molar-refractivity contribution in [1.29, 1.82) is 0 Å². The number of nitrogens with zero attached hydrogens (tertiary/aromatic N) is 3. The van der Waals surface area contributed by atoms with E-state index in [9.17, 15) is 35.5 Å². The number of aromatic nitrogens is 2. The minimum Gasteiger partial charge on any atom is -0.336 e. The van der Waals surface area contributed by atoms with Gasteiger partial charge in [-0.05, 0) is 20.8 Å². The fourth-order valence-corrected chi connectivity index (χ4v) is 2.13. The lowest BCUT2D eigenvalue weighted by molar-refractivity contribution is -0.345. The minimum absolute atomic E-state index is 0.136. The van der Waals surface area contributed by atoms with Crippen molar-refractivity contribution in [3.8, 4) is 0 Å². The molecule has 0 saturated carbocycles. The number of rotatable bonds is 5. The Labute approximate surface area is 133 Å². The molecule has 0 aliphatic heterocycles. The molecule has 0 fully saturated rings. The topological polar surface area (TPSA) is 38.1 Å². The molecule has 4 nitrogen and oxygen atoms in total. The van der Waals surface area contributed by atoms with Crippen LogP contribution < -0.4 is 0 Å². The van der Waals surface area contributed by atoms with E-state index in [0.717, 1.165) is 7.05 Å². The molecule has 24 heavy (non-hydrogen) atoms. The predicted molar refractivity (Wildman–Crippen MR) is 69.8 cm³/mol. The van der Waals surface area contributed by atoms with Crippen LogP contribution in [0.4, 0.5) is 30.7 Å². The van der Waals surface area contributed by atoms with Gasteiger partial charge in [0, 0.05) is 31.4 Å². The second-order valence-electron chi connectivity index (χ2n) is 5.27. The Morgan fingerprint density at radius 3 is 2.00 bits per heavy atom. The largest absolute Gasteiger partial charge is 0.460 e. The highest BCUT2D eigenvalue weighted by molar-refractivity contribution is 5.84. The van der Waals surface area contributed by atoms with Gasteiger partial charge in [-0.2, -0.15) is 35.8 Å². The zero-order valence-electron chi connectivity index (χ0n) is 13.3. The van der Waals surface area contributed by atoms with Crippen LogP contribution in [0.3, 0.4) is 0 Å². The van der Waals surface area contributed by atoms with Gasteiger partial charge >= 0.3 is 18.0 Å². The van der Waals surface area contributed by atoms with Gasteiger partial charge in [0.1, 0.15) is 0 Å². The summed E-state index contributed by atoms with van der Waals surface area (Å²) in [5.74, 6) is -15.0. The maximum absolute atomic E-state index is 13.4. The molecule has 1 heterocycles. The third-order valence-electron chi connectivity index (χ3n) is 3.59. The summed E-state index contributed by atoms with van der Waals surface area (Å²) in [6, 6.07) is 0. The molecule has 1 amide bonds. The summed E-state index contributed by atoms with van der Waals surface area (Å²) in [5, 5.41) is 4.05. The third-order valence-corrected chi connectivity index (χ3v) is 3.59. The SMILES string of the molecule is CCn1nc(C)c(CN(C)C(=O)C(F)(F)C(F)(F)C(F)(F)F)c1C. The number of halogens is 7. The van der Waals surface area contributed by atoms with Crippen molar-refractivity contribution in [2.45, 2.75) is 51.9 Å². The number of hydrogen-bond donors (Lipinski definition) is 0. The zero-order valence-corrected chi connectivity index (χ0v) is 13.3. The van der Waals surface area contributed by atoms with E-state index in [1.807, 2.05) is 0 Å². The van der Waals surface area contributed by atoms with E-state index in [-0.39, 0.29) is 4.90 Å². The summed E-state index contributed by atoms with van der Waals surface area (Å²) in [7, 11) is 0.727. The standard InChI is InChI=1S/C13H16F7N3O/c1-5-23-8(3)9(7(2)21-23)6-22(4)10(24)11(14,15)12(16,17)13(18,19)20/h5-6H2,1-4H3. The Kier molecular flexibility index (Phi) is 5.27. The van der Waals surface area contributed by atoms with Crippen LogP contribution in [-0.4, -0.2) is 45.7 Å². The Morgan fingerprint density at radius 1 is 1.12 bits per heavy atom. The van der Waals surface area contributed by atoms with Crippen molar-refractivity contribution in [3.05, 3.63) is 17.0 Å². The van der Waals surface area contributed by atoms with Crippen molar-refractivity contribution < 1.29 is 35.5 Å². The van der Waals surface area contributed by atoms with Gasteiger partial charge in [0.05, 0.1) is 5.69 Å². The van der Waals surface area contributed by atoms with Crippen LogP contribution >= 0.6 is 0 Å². The Morgan fingerprint density at radius 2 is 1.62 bits per heavy atom. The van der Waals surface area contributed by atoms with Crippen molar-refractivity contribution in [2.75, 3.05) is 7.05 Å². The Hall–Kier alpha value is -1.81. The lowest BCUT2D eigenvalue weighted by Crippen LogP contribution is -2.59. The van der Waals surface area contributed by atoms with E-state index >= 15 is 0 Å². The first kappa shape index (κ1) is 20.2. The molecule has 0 radical (unpaired) electrons. The van der Waals surface area contributed by atoms with Crippen molar-refractivity contribution in [2.24, 2.45) is 0 Å². The van der Waals surface area contributed by atoms with Gasteiger partial charge in [-0.3, -0.25) is 9.48 Å². The van der Waals surface area contributed by atoms with E-state index in [2.05, 4.69) is 5.10 Å². The number of amides is 1. The highest BCUT2D eigenvalue weighted by atomic mass is 19.4. The molecular formula is C13H16F7N3O. The van der Waals surface area contributed by atoms with E-state index in [1.165, 1.54) is 11.6 Å². The van der Waals surface area contributed by atoms with Crippen molar-refractivity contribution in [3.63, 3.8) is 0 Å². The summed E-state index contributed by atoms with van der Waals surface area (Å²) < 4.78 is 90.7. The van der Waals surface area contributed by atoms with Crippen LogP contribution in [-0.2, 0) is 17.9 Å². The van der Waals surface area contributed by atoms with Gasteiger partial charge in [0.15, 0.2) is 0 Å². The molecule has 1 aromatic heterocycles. The molecule has 0 saturated heterocycles. The van der Waals surface area contributed by atoms with E-state index < -0.39 is 30.5 Å². The molecule has 1 rings (SSSR count). The van der Waals surface area contributed by atoms with Gasteiger partial charge in [0.2, 0.25) is 0 Å². The molecule has 0 unspecified atom stereocenters. The highest BCUT2D eigenvalue weighted by Gasteiger charge is 2.76. The minimum atomic E-state index is -6.55. The first-order valence-corrected chi connectivity index (χ1v) is 6.79. The average molecular weight is 363 g/mol. The van der Waals surface area contributed by atoms with Crippen LogP contribution in [0.15, 0.2) is 0 Å². The second kappa shape index (κ2) is 6.25. The van der Waals surface area contributed by atoms with Crippen LogP contribution in [0.2, 0.25) is 0 Å². The van der Waals surface area contributed by atoms with E-state index in [4.69, 9.17) is 0 Å². The summed E-state index contributed by atoms with van der Waals surface area (Å²) in [6.07, 6.45) is -6.55. The van der Waals surface area contributed by atoms with Crippen molar-refractivity contribution in [1.82, 2.24) is 14.7 Å². The molecule has 1 aromatic rings. The molecule has 0 bridgehead atoms. The third kappa shape index (κ3) is 3.20. The number of carbonyl (C=O) groups excluding carboxylic acids is 1. The predicted octanol–water partition coefficient (Wildman–Crippen LogP) is 3.31. The molecular weight excluding hydrogens is 347 g/mol. The summed E-state index contributed by atoms with van der Waals surface area (Å²) in [5.41, 5.74) is 1.17. The van der Waals surface area contributed by atoms with E-state index in [1.54, 1.807) is 13.8 Å². The summed E-state index contributed by atoms with van der Waals surface area (Å²) in [6.45, 7) is 4.69. The van der Waals surface area contributed by atoms with Crippen LogP contribution in [0.5, 0.6) is 0 Å². The number of carbonyl (C=O) groups is 1. The molecule has 0 aromatic carbocycles. The molecule has 0 N–H and O–H groups in total. The maximum Gasteiger partial charge on any atom is 0.460 e. The van der Waals surface area contributed by atoms with Crippen LogP contribution in [0.1, 0.15) is 23.9 Å². The molecule has 0 spiro atoms. The number of aryl methyl sites for hydroxylation is 2. The zero-order chi connectivity index (χ0) is 19.1. The second-order valence-corrected chi connectivity index (χ2v) is 5.27. The first-order valence-electron chi connectivity index (χ1n) is 6.79. The Balaban J connectivity index is 3.10. The summed E-state index contributed by atoms with van der Waals surface area (Å²) in [4.78, 5) is 11.7. The molecule has 0 atom stereocenters. The fourth-order valence-electron chi connectivity index (χ4n) is 2.13. The van der Waals surface area contributed by atoms with Gasteiger partial charge in [0.25, 0.3) is 5.91 Å². The smallest absolute Gasteiger partial charge is 0.336 e. The van der Waals surface area contributed by atoms with Crippen LogP contribution in [0.25, 0.3) is 0 Å². The van der Waals surface area contributed by atoms with Crippen molar-refractivity contribution >= 4 is 5.91 Å². The van der Waals surface area contributed by atoms with Gasteiger partial charge in [-0.1, -0.05) is 0 Å². The van der Waals surface area contributed by atoms with Gasteiger partial charge in [-0.25, -0.2) is 0 Å². The molecule has 0 aliphatic carbocycles. The van der Waals surface area contributed by atoms with Crippen LogP contribution in [0, 0.1) is 13.8 Å². The lowest BCUT2D eigenvalue weighted by Gasteiger charge is -2.30. The quantitative estimate of drug-likeness (QED) is 0.753. The molecule has 0 aliphatic rings. The monoisotopic (exact) mass is 363 g/mol. The van der Waals surface area contributed by atoms with E-state index in [0.29, 0.717) is 23.5 Å². The van der Waals surface area contributed by atoms with Gasteiger partial charge < -0.3 is 4.90 Å². The molecule has 138 valence electrons. The normalized spacial score (nSPS) is 13.3. The highest BCUT2D eigenvalue weighted by Crippen LogP contribution is 2.47. The average Bonchev–Trinajstić information content (AvgIpc) is 2.72. The Bertz CT molecular complexity index is 622. The lowest BCUT2D eigenvalue weighted by atomic mass is 10.1. The number of alkyl halides is 7. The van der Waals surface area contributed by atoms with Gasteiger partial charge in [-0.15, -0.1) is 0 Å². The fraction of sp³-hybridized carbons (Fsp3) is 0.692. The molecule has 11 heteroatoms. The number of hydrogen-bond acceptors (Lipinski definition) is 2. The summed E-state index contributed by atoms with van der Waals surface area (Å²) >= 11 is 0. The first-order chi connectivity index (χ1) is 10.7. The maximum atomic E-state index is 13.4.